The molecule has 32 heavy (non-hydrogen) atoms. The van der Waals surface area contributed by atoms with Gasteiger partial charge in [-0.3, -0.25) is 4.98 Å². The number of rotatable bonds is 3. The zero-order chi connectivity index (χ0) is 23.6. The van der Waals surface area contributed by atoms with Crippen molar-refractivity contribution in [2.75, 3.05) is 4.43 Å². The van der Waals surface area contributed by atoms with E-state index in [0.29, 0.717) is 16.4 Å². The van der Waals surface area contributed by atoms with Crippen molar-refractivity contribution < 1.29 is 23.0 Å². The van der Waals surface area contributed by atoms with Crippen LogP contribution in [0.5, 0.6) is 0 Å². The van der Waals surface area contributed by atoms with Gasteiger partial charge in [-0.15, -0.1) is 0 Å². The molecule has 0 fully saturated rings. The van der Waals surface area contributed by atoms with Gasteiger partial charge in [0.05, 0.1) is 11.7 Å². The molecule has 3 unspecified atom stereocenters. The standard InChI is InChI=1S/C25H29F3INO2/c1-13(2)21-19-20(18-16(30-21)10-23(3,4)11-17(18)31)24(5,12-29)32-22(19)14-6-8-15(9-7-14)25(26,27)28/h6-9,13,17,22,31H,10-12H2,1-5H3. The molecule has 0 bridgehead atoms. The zero-order valence-electron chi connectivity index (χ0n) is 19.0. The van der Waals surface area contributed by atoms with E-state index in [9.17, 15) is 18.3 Å². The van der Waals surface area contributed by atoms with E-state index in [0.717, 1.165) is 46.6 Å². The number of alkyl halides is 4. The number of nitrogens with zero attached hydrogens (tertiary/aromatic N) is 1. The number of ether oxygens (including phenoxy) is 1. The van der Waals surface area contributed by atoms with Crippen LogP contribution in [0, 0.1) is 5.41 Å². The quantitative estimate of drug-likeness (QED) is 0.326. The molecule has 1 aromatic carbocycles. The summed E-state index contributed by atoms with van der Waals surface area (Å²) < 4.78 is 46.6. The Labute approximate surface area is 200 Å². The lowest BCUT2D eigenvalue weighted by Gasteiger charge is -2.37. The molecular formula is C25H29F3INO2. The van der Waals surface area contributed by atoms with Crippen LogP contribution in [-0.2, 0) is 22.9 Å². The molecule has 2 aromatic rings. The van der Waals surface area contributed by atoms with E-state index in [-0.39, 0.29) is 11.3 Å². The Kier molecular flexibility index (Phi) is 5.95. The molecule has 2 aliphatic rings. The maximum absolute atomic E-state index is 13.1. The Morgan fingerprint density at radius 3 is 2.31 bits per heavy atom. The molecule has 0 saturated heterocycles. The highest BCUT2D eigenvalue weighted by Crippen LogP contribution is 2.55. The van der Waals surface area contributed by atoms with Gasteiger partial charge in [-0.2, -0.15) is 13.2 Å². The van der Waals surface area contributed by atoms with Gasteiger partial charge < -0.3 is 9.84 Å². The highest BCUT2D eigenvalue weighted by Gasteiger charge is 2.49. The molecule has 3 nitrogen and oxygen atoms in total. The maximum Gasteiger partial charge on any atom is 0.416 e. The number of aromatic nitrogens is 1. The molecule has 1 aliphatic heterocycles. The van der Waals surface area contributed by atoms with Crippen LogP contribution in [0.2, 0.25) is 0 Å². The van der Waals surface area contributed by atoms with Gasteiger partial charge in [0.15, 0.2) is 0 Å². The first-order chi connectivity index (χ1) is 14.8. The molecule has 1 aromatic heterocycles. The molecule has 1 aliphatic carbocycles. The lowest BCUT2D eigenvalue weighted by atomic mass is 9.71. The molecule has 0 spiro atoms. The van der Waals surface area contributed by atoms with Crippen LogP contribution in [0.4, 0.5) is 13.2 Å². The second-order valence-electron chi connectivity index (χ2n) is 10.3. The fourth-order valence-electron chi connectivity index (χ4n) is 5.16. The van der Waals surface area contributed by atoms with Crippen molar-refractivity contribution >= 4 is 22.6 Å². The summed E-state index contributed by atoms with van der Waals surface area (Å²) in [6.45, 7) is 10.4. The van der Waals surface area contributed by atoms with Gasteiger partial charge in [0.2, 0.25) is 0 Å². The first kappa shape index (κ1) is 24.0. The summed E-state index contributed by atoms with van der Waals surface area (Å²) in [6, 6.07) is 5.21. The smallest absolute Gasteiger partial charge is 0.388 e. The number of fused-ring (bicyclic) bond motifs is 3. The monoisotopic (exact) mass is 559 g/mol. The number of hydrogen-bond donors (Lipinski definition) is 1. The minimum absolute atomic E-state index is 0.0606. The average Bonchev–Trinajstić information content (AvgIpc) is 2.99. The number of benzene rings is 1. The molecule has 7 heteroatoms. The Balaban J connectivity index is 1.95. The summed E-state index contributed by atoms with van der Waals surface area (Å²) in [6.07, 6.45) is -4.14. The number of aliphatic hydroxyl groups is 1. The van der Waals surface area contributed by atoms with Gasteiger partial charge in [-0.1, -0.05) is 62.4 Å². The fourth-order valence-corrected chi connectivity index (χ4v) is 5.72. The molecule has 3 atom stereocenters. The van der Waals surface area contributed by atoms with Crippen LogP contribution in [0.25, 0.3) is 0 Å². The molecule has 1 N–H and O–H groups in total. The Bertz CT molecular complexity index is 1030. The van der Waals surface area contributed by atoms with Gasteiger partial charge in [-0.05, 0) is 54.4 Å². The third kappa shape index (κ3) is 3.98. The normalized spacial score (nSPS) is 26.8. The van der Waals surface area contributed by atoms with E-state index < -0.39 is 29.5 Å². The lowest BCUT2D eigenvalue weighted by Crippen LogP contribution is -2.32. The van der Waals surface area contributed by atoms with Gasteiger partial charge in [0, 0.05) is 26.9 Å². The number of halogens is 4. The predicted molar refractivity (Wildman–Crippen MR) is 126 cm³/mol. The Morgan fingerprint density at radius 1 is 1.16 bits per heavy atom. The third-order valence-electron chi connectivity index (χ3n) is 6.62. The molecule has 174 valence electrons. The first-order valence-corrected chi connectivity index (χ1v) is 12.5. The second-order valence-corrected chi connectivity index (χ2v) is 11.1. The Hall–Kier alpha value is -1.19. The van der Waals surface area contributed by atoms with Crippen LogP contribution in [-0.4, -0.2) is 14.5 Å². The minimum Gasteiger partial charge on any atom is -0.388 e. The summed E-state index contributed by atoms with van der Waals surface area (Å²) in [5, 5.41) is 11.2. The van der Waals surface area contributed by atoms with Crippen LogP contribution in [0.1, 0.15) is 98.4 Å². The van der Waals surface area contributed by atoms with E-state index in [4.69, 9.17) is 9.72 Å². The van der Waals surface area contributed by atoms with Crippen molar-refractivity contribution in [1.82, 2.24) is 4.98 Å². The molecule has 4 rings (SSSR count). The first-order valence-electron chi connectivity index (χ1n) is 10.9. The zero-order valence-corrected chi connectivity index (χ0v) is 21.1. The molecule has 2 heterocycles. The van der Waals surface area contributed by atoms with Gasteiger partial charge in [-0.25, -0.2) is 0 Å². The highest BCUT2D eigenvalue weighted by molar-refractivity contribution is 14.1. The van der Waals surface area contributed by atoms with E-state index in [1.165, 1.54) is 12.1 Å². The lowest BCUT2D eigenvalue weighted by molar-refractivity contribution is -0.137. The van der Waals surface area contributed by atoms with Crippen molar-refractivity contribution in [1.29, 1.82) is 0 Å². The summed E-state index contributed by atoms with van der Waals surface area (Å²) in [5.41, 5.74) is 3.84. The van der Waals surface area contributed by atoms with Crippen molar-refractivity contribution in [3.63, 3.8) is 0 Å². The van der Waals surface area contributed by atoms with Crippen molar-refractivity contribution in [2.45, 2.75) is 77.4 Å². The maximum atomic E-state index is 13.1. The van der Waals surface area contributed by atoms with E-state index in [1.54, 1.807) is 0 Å². The molecule has 0 radical (unpaired) electrons. The van der Waals surface area contributed by atoms with E-state index in [2.05, 4.69) is 50.3 Å². The summed E-state index contributed by atoms with van der Waals surface area (Å²) in [7, 11) is 0. The predicted octanol–water partition coefficient (Wildman–Crippen LogP) is 7.00. The molecular weight excluding hydrogens is 530 g/mol. The van der Waals surface area contributed by atoms with Gasteiger partial charge in [0.1, 0.15) is 11.7 Å². The fraction of sp³-hybridized carbons (Fsp3) is 0.560. The van der Waals surface area contributed by atoms with Crippen LogP contribution in [0.15, 0.2) is 24.3 Å². The third-order valence-corrected chi connectivity index (χ3v) is 8.07. The summed E-state index contributed by atoms with van der Waals surface area (Å²) >= 11 is 2.29. The van der Waals surface area contributed by atoms with Crippen molar-refractivity contribution in [3.05, 3.63) is 63.5 Å². The van der Waals surface area contributed by atoms with Crippen LogP contribution in [0.3, 0.4) is 0 Å². The Morgan fingerprint density at radius 2 is 1.78 bits per heavy atom. The number of pyridine rings is 1. The highest BCUT2D eigenvalue weighted by atomic mass is 127. The molecule has 0 amide bonds. The van der Waals surface area contributed by atoms with Crippen molar-refractivity contribution in [3.8, 4) is 0 Å². The molecule has 0 saturated carbocycles. The average molecular weight is 559 g/mol. The topological polar surface area (TPSA) is 42.4 Å². The number of aliphatic hydroxyl groups excluding tert-OH is 1. The van der Waals surface area contributed by atoms with Gasteiger partial charge in [0.25, 0.3) is 0 Å². The van der Waals surface area contributed by atoms with Crippen LogP contribution >= 0.6 is 22.6 Å². The largest absolute Gasteiger partial charge is 0.416 e. The number of hydrogen-bond acceptors (Lipinski definition) is 3. The van der Waals surface area contributed by atoms with Crippen LogP contribution < -0.4 is 0 Å². The van der Waals surface area contributed by atoms with Gasteiger partial charge >= 0.3 is 6.18 Å². The second kappa shape index (κ2) is 7.94. The summed E-state index contributed by atoms with van der Waals surface area (Å²) in [4.78, 5) is 5.04. The minimum atomic E-state index is -4.38. The van der Waals surface area contributed by atoms with Crippen molar-refractivity contribution in [2.24, 2.45) is 5.41 Å². The van der Waals surface area contributed by atoms with E-state index in [1.807, 2.05) is 6.92 Å². The SMILES string of the molecule is CC(C)c1nc2c(c3c1C(c1ccc(C(F)(F)F)cc1)OC3(C)CI)C(O)CC(C)(C)C2. The van der Waals surface area contributed by atoms with E-state index >= 15 is 0 Å². The summed E-state index contributed by atoms with van der Waals surface area (Å²) in [5.74, 6) is 0.105.